The average Bonchev–Trinajstić information content (AvgIpc) is 2.36. The second-order valence-electron chi connectivity index (χ2n) is 3.54. The molecular formula is C12H11ClFN3O. The third-order valence-corrected chi connectivity index (χ3v) is 2.53. The van der Waals surface area contributed by atoms with E-state index in [1.54, 1.807) is 12.1 Å². The summed E-state index contributed by atoms with van der Waals surface area (Å²) in [5.74, 6) is 0.257. The maximum absolute atomic E-state index is 13.5. The minimum atomic E-state index is -0.441. The minimum Gasteiger partial charge on any atom is -0.481 e. The van der Waals surface area contributed by atoms with Gasteiger partial charge < -0.3 is 15.8 Å². The van der Waals surface area contributed by atoms with Gasteiger partial charge in [-0.2, -0.15) is 4.98 Å². The molecule has 0 amide bonds. The van der Waals surface area contributed by atoms with Gasteiger partial charge in [-0.25, -0.2) is 4.39 Å². The molecule has 0 aliphatic heterocycles. The Balaban J connectivity index is 2.36. The van der Waals surface area contributed by atoms with Gasteiger partial charge in [0, 0.05) is 11.1 Å². The van der Waals surface area contributed by atoms with Crippen LogP contribution in [0, 0.1) is 5.82 Å². The van der Waals surface area contributed by atoms with Gasteiger partial charge in [-0.15, -0.1) is 0 Å². The molecule has 0 atom stereocenters. The van der Waals surface area contributed by atoms with Crippen molar-refractivity contribution in [2.45, 2.75) is 0 Å². The predicted octanol–water partition coefficient (Wildman–Crippen LogP) is 3.21. The van der Waals surface area contributed by atoms with Gasteiger partial charge in [0.1, 0.15) is 5.82 Å². The number of anilines is 3. The molecule has 94 valence electrons. The molecule has 6 heteroatoms. The van der Waals surface area contributed by atoms with E-state index < -0.39 is 5.82 Å². The van der Waals surface area contributed by atoms with Crippen LogP contribution in [-0.4, -0.2) is 12.1 Å². The fourth-order valence-corrected chi connectivity index (χ4v) is 1.56. The van der Waals surface area contributed by atoms with E-state index in [9.17, 15) is 4.39 Å². The molecule has 0 radical (unpaired) electrons. The van der Waals surface area contributed by atoms with Crippen molar-refractivity contribution in [3.63, 3.8) is 0 Å². The normalized spacial score (nSPS) is 10.2. The molecule has 0 saturated carbocycles. The molecule has 1 aromatic carbocycles. The topological polar surface area (TPSA) is 60.2 Å². The van der Waals surface area contributed by atoms with E-state index in [-0.39, 0.29) is 5.69 Å². The Hall–Kier alpha value is -2.01. The van der Waals surface area contributed by atoms with E-state index in [0.717, 1.165) is 0 Å². The van der Waals surface area contributed by atoms with Gasteiger partial charge in [0.05, 0.1) is 18.5 Å². The summed E-state index contributed by atoms with van der Waals surface area (Å²) in [7, 11) is 1.49. The van der Waals surface area contributed by atoms with Crippen LogP contribution in [0.15, 0.2) is 30.3 Å². The van der Waals surface area contributed by atoms with Gasteiger partial charge in [-0.3, -0.25) is 0 Å². The lowest BCUT2D eigenvalue weighted by molar-refractivity contribution is 0.398. The van der Waals surface area contributed by atoms with Crippen LogP contribution in [0.3, 0.4) is 0 Å². The highest BCUT2D eigenvalue weighted by molar-refractivity contribution is 6.30. The number of nitrogens with zero attached hydrogens (tertiary/aromatic N) is 1. The third kappa shape index (κ3) is 2.62. The average molecular weight is 268 g/mol. The van der Waals surface area contributed by atoms with Crippen molar-refractivity contribution in [3.05, 3.63) is 41.2 Å². The molecular weight excluding hydrogens is 257 g/mol. The second kappa shape index (κ2) is 5.10. The number of methoxy groups -OCH3 is 1. The molecule has 0 aliphatic carbocycles. The third-order valence-electron chi connectivity index (χ3n) is 2.29. The zero-order chi connectivity index (χ0) is 13.1. The van der Waals surface area contributed by atoms with Crippen molar-refractivity contribution in [1.29, 1.82) is 0 Å². The van der Waals surface area contributed by atoms with Crippen LogP contribution in [0.5, 0.6) is 5.88 Å². The largest absolute Gasteiger partial charge is 0.481 e. The summed E-state index contributed by atoms with van der Waals surface area (Å²) >= 11 is 5.80. The van der Waals surface area contributed by atoms with Crippen LogP contribution in [0.2, 0.25) is 5.02 Å². The molecule has 2 rings (SSSR count). The zero-order valence-electron chi connectivity index (χ0n) is 9.58. The maximum Gasteiger partial charge on any atom is 0.215 e. The lowest BCUT2D eigenvalue weighted by Crippen LogP contribution is -2.02. The van der Waals surface area contributed by atoms with E-state index in [4.69, 9.17) is 22.1 Å². The van der Waals surface area contributed by atoms with Crippen molar-refractivity contribution in [2.24, 2.45) is 0 Å². The molecule has 2 aromatic rings. The summed E-state index contributed by atoms with van der Waals surface area (Å²) in [4.78, 5) is 4.09. The van der Waals surface area contributed by atoms with Crippen LogP contribution in [0.25, 0.3) is 0 Å². The highest BCUT2D eigenvalue weighted by atomic mass is 35.5. The molecule has 0 saturated heterocycles. The number of benzene rings is 1. The second-order valence-corrected chi connectivity index (χ2v) is 3.98. The Labute approximate surface area is 109 Å². The van der Waals surface area contributed by atoms with Gasteiger partial charge >= 0.3 is 0 Å². The Morgan fingerprint density at radius 2 is 2.11 bits per heavy atom. The van der Waals surface area contributed by atoms with Crippen LogP contribution in [-0.2, 0) is 0 Å². The number of rotatable bonds is 3. The molecule has 0 bridgehead atoms. The highest BCUT2D eigenvalue weighted by Crippen LogP contribution is 2.27. The molecule has 0 spiro atoms. The first-order valence-electron chi connectivity index (χ1n) is 5.12. The molecule has 0 unspecified atom stereocenters. The fraction of sp³-hybridized carbons (Fsp3) is 0.0833. The number of halogens is 2. The lowest BCUT2D eigenvalue weighted by Gasteiger charge is -2.10. The summed E-state index contributed by atoms with van der Waals surface area (Å²) in [6.07, 6.45) is 0. The number of hydrogen-bond donors (Lipinski definition) is 2. The molecule has 1 heterocycles. The van der Waals surface area contributed by atoms with E-state index in [2.05, 4.69) is 10.3 Å². The highest BCUT2D eigenvalue weighted by Gasteiger charge is 2.08. The summed E-state index contributed by atoms with van der Waals surface area (Å²) in [6.45, 7) is 0. The standard InChI is InChI=1S/C12H11ClFN3O/c1-18-11-5-4-9(15)12(17-11)16-10-6-7(13)2-3-8(10)14/h2-6H,15H2,1H3,(H,16,17). The van der Waals surface area contributed by atoms with Gasteiger partial charge in [-0.1, -0.05) is 11.6 Å². The summed E-state index contributed by atoms with van der Waals surface area (Å²) < 4.78 is 18.5. The smallest absolute Gasteiger partial charge is 0.215 e. The number of hydrogen-bond acceptors (Lipinski definition) is 4. The van der Waals surface area contributed by atoms with Crippen molar-refractivity contribution < 1.29 is 9.13 Å². The summed E-state index contributed by atoms with van der Waals surface area (Å²) in [6, 6.07) is 7.43. The van der Waals surface area contributed by atoms with Gasteiger partial charge in [-0.05, 0) is 24.3 Å². The number of aromatic nitrogens is 1. The fourth-order valence-electron chi connectivity index (χ4n) is 1.39. The minimum absolute atomic E-state index is 0.204. The van der Waals surface area contributed by atoms with E-state index in [1.165, 1.54) is 25.3 Å². The molecule has 3 N–H and O–H groups in total. The van der Waals surface area contributed by atoms with Crippen LogP contribution in [0.1, 0.15) is 0 Å². The maximum atomic E-state index is 13.5. The summed E-state index contributed by atoms with van der Waals surface area (Å²) in [5, 5.41) is 3.20. The van der Waals surface area contributed by atoms with E-state index >= 15 is 0 Å². The van der Waals surface area contributed by atoms with Gasteiger partial charge in [0.15, 0.2) is 5.82 Å². The Morgan fingerprint density at radius 1 is 1.33 bits per heavy atom. The van der Waals surface area contributed by atoms with Crippen LogP contribution < -0.4 is 15.8 Å². The molecule has 18 heavy (non-hydrogen) atoms. The van der Waals surface area contributed by atoms with E-state index in [1.807, 2.05) is 0 Å². The lowest BCUT2D eigenvalue weighted by atomic mass is 10.3. The van der Waals surface area contributed by atoms with Gasteiger partial charge in [0.25, 0.3) is 0 Å². The number of ether oxygens (including phenoxy) is 1. The molecule has 4 nitrogen and oxygen atoms in total. The Bertz CT molecular complexity index is 577. The van der Waals surface area contributed by atoms with Crippen molar-refractivity contribution in [2.75, 3.05) is 18.2 Å². The number of pyridine rings is 1. The van der Waals surface area contributed by atoms with Crippen molar-refractivity contribution >= 4 is 28.8 Å². The van der Waals surface area contributed by atoms with Crippen molar-refractivity contribution in [3.8, 4) is 5.88 Å². The molecule has 0 fully saturated rings. The Morgan fingerprint density at radius 3 is 2.83 bits per heavy atom. The zero-order valence-corrected chi connectivity index (χ0v) is 10.3. The SMILES string of the molecule is COc1ccc(N)c(Nc2cc(Cl)ccc2F)n1. The summed E-state index contributed by atoms with van der Waals surface area (Å²) in [5.41, 5.74) is 6.33. The quantitative estimate of drug-likeness (QED) is 0.896. The Kier molecular flexibility index (Phi) is 3.53. The number of nitrogen functional groups attached to an aromatic ring is 1. The predicted molar refractivity (Wildman–Crippen MR) is 69.9 cm³/mol. The first kappa shape index (κ1) is 12.4. The van der Waals surface area contributed by atoms with Gasteiger partial charge in [0.2, 0.25) is 5.88 Å². The van der Waals surface area contributed by atoms with Crippen LogP contribution in [0.4, 0.5) is 21.6 Å². The molecule has 0 aliphatic rings. The van der Waals surface area contributed by atoms with Crippen LogP contribution >= 0.6 is 11.6 Å². The first-order chi connectivity index (χ1) is 8.60. The van der Waals surface area contributed by atoms with Crippen molar-refractivity contribution in [1.82, 2.24) is 4.98 Å². The monoisotopic (exact) mass is 267 g/mol. The molecule has 1 aromatic heterocycles. The number of nitrogens with two attached hydrogens (primary N) is 1. The van der Waals surface area contributed by atoms with E-state index in [0.29, 0.717) is 22.4 Å². The number of nitrogens with one attached hydrogen (secondary N) is 1. The first-order valence-corrected chi connectivity index (χ1v) is 5.50.